The topological polar surface area (TPSA) is 63.3 Å². The van der Waals surface area contributed by atoms with Crippen LogP contribution in [0.4, 0.5) is 0 Å². The average molecular weight is 173 g/mol. The lowest BCUT2D eigenvalue weighted by Crippen LogP contribution is -2.25. The van der Waals surface area contributed by atoms with Gasteiger partial charge in [-0.25, -0.2) is 0 Å². The second-order valence-corrected chi connectivity index (χ2v) is 3.49. The molecule has 0 aliphatic rings. The van der Waals surface area contributed by atoms with Gasteiger partial charge in [-0.1, -0.05) is 26.7 Å². The van der Waals surface area contributed by atoms with E-state index in [1.54, 1.807) is 0 Å². The highest BCUT2D eigenvalue weighted by molar-refractivity contribution is 5.67. The van der Waals surface area contributed by atoms with Gasteiger partial charge in [0.1, 0.15) is 0 Å². The van der Waals surface area contributed by atoms with Crippen molar-refractivity contribution in [3.63, 3.8) is 0 Å². The molecule has 0 saturated carbocycles. The third-order valence-corrected chi connectivity index (χ3v) is 1.92. The Balaban J connectivity index is 3.53. The highest BCUT2D eigenvalue weighted by Gasteiger charge is 2.11. The molecule has 0 aromatic rings. The molecule has 2 atom stereocenters. The molecule has 72 valence electrons. The Labute approximate surface area is 74.0 Å². The molecule has 0 saturated heterocycles. The smallest absolute Gasteiger partial charge is 0.304 e. The Hall–Kier alpha value is -0.570. The van der Waals surface area contributed by atoms with Crippen molar-refractivity contribution in [1.82, 2.24) is 0 Å². The van der Waals surface area contributed by atoms with Crippen molar-refractivity contribution < 1.29 is 9.90 Å². The number of hydrogen-bond acceptors (Lipinski definition) is 2. The van der Waals surface area contributed by atoms with Crippen LogP contribution in [0.2, 0.25) is 0 Å². The van der Waals surface area contributed by atoms with Crippen molar-refractivity contribution in [3.05, 3.63) is 0 Å². The van der Waals surface area contributed by atoms with Crippen LogP contribution in [0.5, 0.6) is 0 Å². The third-order valence-electron chi connectivity index (χ3n) is 1.92. The van der Waals surface area contributed by atoms with E-state index in [-0.39, 0.29) is 12.5 Å². The van der Waals surface area contributed by atoms with E-state index >= 15 is 0 Å². The predicted molar refractivity (Wildman–Crippen MR) is 48.9 cm³/mol. The molecule has 0 aliphatic heterocycles. The average Bonchev–Trinajstić information content (AvgIpc) is 1.84. The van der Waals surface area contributed by atoms with Gasteiger partial charge in [-0.3, -0.25) is 4.79 Å². The van der Waals surface area contributed by atoms with E-state index in [1.807, 2.05) is 0 Å². The maximum absolute atomic E-state index is 10.3. The van der Waals surface area contributed by atoms with Gasteiger partial charge in [-0.05, 0) is 12.3 Å². The lowest BCUT2D eigenvalue weighted by molar-refractivity contribution is -0.137. The molecule has 3 heteroatoms. The van der Waals surface area contributed by atoms with Crippen molar-refractivity contribution >= 4 is 5.97 Å². The number of carboxylic acids is 1. The second kappa shape index (κ2) is 6.00. The molecule has 0 aromatic carbocycles. The van der Waals surface area contributed by atoms with Gasteiger partial charge in [0.05, 0.1) is 6.42 Å². The standard InChI is InChI=1S/C9H19NO2/c1-3-4-7(2)5-8(10)6-9(11)12/h7-8H,3-6,10H2,1-2H3,(H,11,12)/t7?,8-/m1/s1. The fourth-order valence-corrected chi connectivity index (χ4v) is 1.44. The van der Waals surface area contributed by atoms with Crippen LogP contribution in [0.3, 0.4) is 0 Å². The number of carboxylic acid groups (broad SMARTS) is 1. The summed E-state index contributed by atoms with van der Waals surface area (Å²) in [5.41, 5.74) is 5.62. The first-order valence-electron chi connectivity index (χ1n) is 4.53. The maximum Gasteiger partial charge on any atom is 0.304 e. The molecule has 0 amide bonds. The molecule has 12 heavy (non-hydrogen) atoms. The Bertz CT molecular complexity index is 136. The van der Waals surface area contributed by atoms with Crippen LogP contribution in [0.1, 0.15) is 39.5 Å². The van der Waals surface area contributed by atoms with E-state index in [2.05, 4.69) is 13.8 Å². The van der Waals surface area contributed by atoms with Crippen molar-refractivity contribution in [2.45, 2.75) is 45.6 Å². The molecule has 0 aliphatic carbocycles. The quantitative estimate of drug-likeness (QED) is 0.641. The molecule has 0 aromatic heterocycles. The summed E-state index contributed by atoms with van der Waals surface area (Å²) in [7, 11) is 0. The summed E-state index contributed by atoms with van der Waals surface area (Å²) >= 11 is 0. The summed E-state index contributed by atoms with van der Waals surface area (Å²) in [5.74, 6) is -0.254. The van der Waals surface area contributed by atoms with Crippen LogP contribution in [-0.4, -0.2) is 17.1 Å². The van der Waals surface area contributed by atoms with E-state index in [9.17, 15) is 4.79 Å². The van der Waals surface area contributed by atoms with Gasteiger partial charge in [-0.15, -0.1) is 0 Å². The fraction of sp³-hybridized carbons (Fsp3) is 0.889. The lowest BCUT2D eigenvalue weighted by atomic mass is 9.96. The number of nitrogens with two attached hydrogens (primary N) is 1. The summed E-state index contributed by atoms with van der Waals surface area (Å²) < 4.78 is 0. The van der Waals surface area contributed by atoms with Gasteiger partial charge in [0.2, 0.25) is 0 Å². The Morgan fingerprint density at radius 1 is 1.58 bits per heavy atom. The molecule has 0 radical (unpaired) electrons. The number of hydrogen-bond donors (Lipinski definition) is 2. The number of carbonyl (C=O) groups is 1. The van der Waals surface area contributed by atoms with Crippen LogP contribution in [0.15, 0.2) is 0 Å². The first kappa shape index (κ1) is 11.4. The molecule has 1 unspecified atom stereocenters. The van der Waals surface area contributed by atoms with E-state index in [0.29, 0.717) is 5.92 Å². The van der Waals surface area contributed by atoms with Crippen molar-refractivity contribution in [3.8, 4) is 0 Å². The summed E-state index contributed by atoms with van der Waals surface area (Å²) in [4.78, 5) is 10.3. The highest BCUT2D eigenvalue weighted by Crippen LogP contribution is 2.12. The monoisotopic (exact) mass is 173 g/mol. The van der Waals surface area contributed by atoms with E-state index in [0.717, 1.165) is 19.3 Å². The Morgan fingerprint density at radius 3 is 2.58 bits per heavy atom. The second-order valence-electron chi connectivity index (χ2n) is 3.49. The predicted octanol–water partition coefficient (Wildman–Crippen LogP) is 1.61. The Kier molecular flexibility index (Phi) is 5.72. The third kappa shape index (κ3) is 6.16. The summed E-state index contributed by atoms with van der Waals surface area (Å²) in [5, 5.41) is 8.45. The van der Waals surface area contributed by atoms with E-state index in [4.69, 9.17) is 10.8 Å². The van der Waals surface area contributed by atoms with Crippen molar-refractivity contribution in [2.24, 2.45) is 11.7 Å². The molecule has 0 heterocycles. The van der Waals surface area contributed by atoms with Gasteiger partial charge in [0, 0.05) is 6.04 Å². The fourth-order valence-electron chi connectivity index (χ4n) is 1.44. The minimum atomic E-state index is -0.800. The van der Waals surface area contributed by atoms with Crippen molar-refractivity contribution in [1.29, 1.82) is 0 Å². The van der Waals surface area contributed by atoms with Gasteiger partial charge < -0.3 is 10.8 Å². The molecule has 0 spiro atoms. The van der Waals surface area contributed by atoms with Gasteiger partial charge in [0.15, 0.2) is 0 Å². The van der Waals surface area contributed by atoms with Gasteiger partial charge in [0.25, 0.3) is 0 Å². The van der Waals surface area contributed by atoms with Crippen LogP contribution >= 0.6 is 0 Å². The summed E-state index contributed by atoms with van der Waals surface area (Å²) in [6, 6.07) is -0.177. The molecule has 0 fully saturated rings. The molecule has 3 N–H and O–H groups in total. The van der Waals surface area contributed by atoms with Crippen LogP contribution in [0.25, 0.3) is 0 Å². The normalized spacial score (nSPS) is 15.6. The van der Waals surface area contributed by atoms with Crippen LogP contribution in [-0.2, 0) is 4.79 Å². The first-order chi connectivity index (χ1) is 5.56. The largest absolute Gasteiger partial charge is 0.481 e. The van der Waals surface area contributed by atoms with Gasteiger partial charge >= 0.3 is 5.97 Å². The summed E-state index contributed by atoms with van der Waals surface area (Å²) in [6.45, 7) is 4.24. The molecule has 0 rings (SSSR count). The molecular formula is C9H19NO2. The zero-order chi connectivity index (χ0) is 9.56. The highest BCUT2D eigenvalue weighted by atomic mass is 16.4. The molecular weight excluding hydrogens is 154 g/mol. The van der Waals surface area contributed by atoms with Crippen LogP contribution in [0, 0.1) is 5.92 Å². The van der Waals surface area contributed by atoms with E-state index < -0.39 is 5.97 Å². The number of rotatable bonds is 6. The zero-order valence-corrected chi connectivity index (χ0v) is 7.92. The lowest BCUT2D eigenvalue weighted by Gasteiger charge is -2.14. The minimum Gasteiger partial charge on any atom is -0.481 e. The van der Waals surface area contributed by atoms with E-state index in [1.165, 1.54) is 0 Å². The first-order valence-corrected chi connectivity index (χ1v) is 4.53. The molecule has 0 bridgehead atoms. The minimum absolute atomic E-state index is 0.0913. The SMILES string of the molecule is CCCC(C)C[C@@H](N)CC(=O)O. The number of aliphatic carboxylic acids is 1. The van der Waals surface area contributed by atoms with Crippen LogP contribution < -0.4 is 5.73 Å². The summed E-state index contributed by atoms with van der Waals surface area (Å²) in [6.07, 6.45) is 3.18. The molecule has 3 nitrogen and oxygen atoms in total. The van der Waals surface area contributed by atoms with Crippen molar-refractivity contribution in [2.75, 3.05) is 0 Å². The van der Waals surface area contributed by atoms with Gasteiger partial charge in [-0.2, -0.15) is 0 Å². The zero-order valence-electron chi connectivity index (χ0n) is 7.92. The maximum atomic E-state index is 10.3. The Morgan fingerprint density at radius 2 is 2.17 bits per heavy atom.